The molecule has 0 saturated heterocycles. The fourth-order valence-corrected chi connectivity index (χ4v) is 2.87. The van der Waals surface area contributed by atoms with Crippen LogP contribution in [0.1, 0.15) is 35.8 Å². The number of nitro groups is 1. The third kappa shape index (κ3) is 4.17. The third-order valence-electron chi connectivity index (χ3n) is 4.37. The van der Waals surface area contributed by atoms with Crippen LogP contribution in [0.3, 0.4) is 0 Å². The predicted molar refractivity (Wildman–Crippen MR) is 107 cm³/mol. The highest BCUT2D eigenvalue weighted by atomic mass is 16.6. The summed E-state index contributed by atoms with van der Waals surface area (Å²) in [5, 5.41) is 17.1. The molecule has 0 saturated carbocycles. The van der Waals surface area contributed by atoms with Gasteiger partial charge in [-0.15, -0.1) is 0 Å². The molecule has 0 aliphatic carbocycles. The zero-order valence-electron chi connectivity index (χ0n) is 15.6. The number of hydrogen-bond donors (Lipinski definition) is 2. The largest absolute Gasteiger partial charge is 0.380 e. The standard InChI is InChI=1S/C20H21N5O3/c1-3-22-18-9-6-16(12-19(18)25(27)28)20(26)23-14(2)15-4-7-17(8-5-15)24-11-10-21-13-24/h4-14,22H,3H2,1-2H3,(H,23,26)/t14-/m0/s1. The van der Waals surface area contributed by atoms with Gasteiger partial charge in [-0.2, -0.15) is 0 Å². The molecule has 3 rings (SSSR count). The molecule has 0 aliphatic heterocycles. The van der Waals surface area contributed by atoms with Crippen LogP contribution in [0.5, 0.6) is 0 Å². The van der Waals surface area contributed by atoms with Gasteiger partial charge in [0, 0.05) is 36.3 Å². The molecule has 3 aromatic rings. The van der Waals surface area contributed by atoms with Gasteiger partial charge in [-0.05, 0) is 43.7 Å². The second-order valence-electron chi connectivity index (χ2n) is 6.28. The first-order chi connectivity index (χ1) is 13.5. The number of nitrogens with zero attached hydrogens (tertiary/aromatic N) is 3. The van der Waals surface area contributed by atoms with E-state index in [0.717, 1.165) is 11.3 Å². The van der Waals surface area contributed by atoms with Crippen LogP contribution in [0.15, 0.2) is 61.2 Å². The number of aromatic nitrogens is 2. The Labute approximate surface area is 162 Å². The second-order valence-corrected chi connectivity index (χ2v) is 6.28. The van der Waals surface area contributed by atoms with Gasteiger partial charge in [0.1, 0.15) is 5.69 Å². The monoisotopic (exact) mass is 379 g/mol. The molecule has 28 heavy (non-hydrogen) atoms. The molecule has 1 heterocycles. The molecule has 0 aliphatic rings. The number of hydrogen-bond acceptors (Lipinski definition) is 5. The topological polar surface area (TPSA) is 102 Å². The van der Waals surface area contributed by atoms with Crippen molar-refractivity contribution in [2.24, 2.45) is 0 Å². The van der Waals surface area contributed by atoms with Gasteiger partial charge in [0.15, 0.2) is 0 Å². The van der Waals surface area contributed by atoms with E-state index in [1.807, 2.05) is 48.9 Å². The Morgan fingerprint density at radius 3 is 2.61 bits per heavy atom. The van der Waals surface area contributed by atoms with Crippen molar-refractivity contribution in [1.29, 1.82) is 0 Å². The smallest absolute Gasteiger partial charge is 0.293 e. The lowest BCUT2D eigenvalue weighted by atomic mass is 10.1. The van der Waals surface area contributed by atoms with Crippen LogP contribution in [0.25, 0.3) is 5.69 Å². The summed E-state index contributed by atoms with van der Waals surface area (Å²) in [4.78, 5) is 27.4. The van der Waals surface area contributed by atoms with Gasteiger partial charge in [0.05, 0.1) is 17.3 Å². The summed E-state index contributed by atoms with van der Waals surface area (Å²) in [5.74, 6) is -0.364. The minimum atomic E-state index is -0.493. The first-order valence-corrected chi connectivity index (χ1v) is 8.91. The molecule has 1 atom stereocenters. The van der Waals surface area contributed by atoms with E-state index in [1.54, 1.807) is 24.7 Å². The number of carbonyl (C=O) groups is 1. The van der Waals surface area contributed by atoms with Crippen molar-refractivity contribution in [2.75, 3.05) is 11.9 Å². The summed E-state index contributed by atoms with van der Waals surface area (Å²) in [6, 6.07) is 11.9. The maximum atomic E-state index is 12.6. The fourth-order valence-electron chi connectivity index (χ4n) is 2.87. The lowest BCUT2D eigenvalue weighted by Gasteiger charge is -2.15. The maximum absolute atomic E-state index is 12.6. The molecule has 8 nitrogen and oxygen atoms in total. The Kier molecular flexibility index (Phi) is 5.69. The fraction of sp³-hybridized carbons (Fsp3) is 0.200. The van der Waals surface area contributed by atoms with E-state index in [4.69, 9.17) is 0 Å². The number of rotatable bonds is 7. The predicted octanol–water partition coefficient (Wildman–Crippen LogP) is 3.70. The van der Waals surface area contributed by atoms with Crippen LogP contribution in [-0.2, 0) is 0 Å². The number of carbonyl (C=O) groups excluding carboxylic acids is 1. The summed E-state index contributed by atoms with van der Waals surface area (Å²) in [6.45, 7) is 4.27. The van der Waals surface area contributed by atoms with Crippen LogP contribution < -0.4 is 10.6 Å². The van der Waals surface area contributed by atoms with Crippen molar-refractivity contribution < 1.29 is 9.72 Å². The Bertz CT molecular complexity index is 968. The molecular formula is C20H21N5O3. The van der Waals surface area contributed by atoms with Gasteiger partial charge in [-0.1, -0.05) is 12.1 Å². The molecule has 2 aromatic carbocycles. The summed E-state index contributed by atoms with van der Waals surface area (Å²) < 4.78 is 1.89. The van der Waals surface area contributed by atoms with E-state index >= 15 is 0 Å². The van der Waals surface area contributed by atoms with Crippen molar-refractivity contribution in [1.82, 2.24) is 14.9 Å². The zero-order chi connectivity index (χ0) is 20.1. The Morgan fingerprint density at radius 1 is 1.25 bits per heavy atom. The average molecular weight is 379 g/mol. The minimum Gasteiger partial charge on any atom is -0.380 e. The van der Waals surface area contributed by atoms with Gasteiger partial charge in [0.2, 0.25) is 0 Å². The quantitative estimate of drug-likeness (QED) is 0.481. The zero-order valence-corrected chi connectivity index (χ0v) is 15.6. The molecule has 0 bridgehead atoms. The first kappa shape index (κ1) is 19.1. The molecule has 0 spiro atoms. The van der Waals surface area contributed by atoms with Gasteiger partial charge in [-0.25, -0.2) is 4.98 Å². The number of nitrogens with one attached hydrogen (secondary N) is 2. The molecule has 2 N–H and O–H groups in total. The molecular weight excluding hydrogens is 358 g/mol. The van der Waals surface area contributed by atoms with Gasteiger partial charge < -0.3 is 15.2 Å². The number of imidazole rings is 1. The summed E-state index contributed by atoms with van der Waals surface area (Å²) in [7, 11) is 0. The Hall–Kier alpha value is -3.68. The molecule has 1 amide bonds. The van der Waals surface area contributed by atoms with Crippen molar-refractivity contribution in [3.8, 4) is 5.69 Å². The number of amides is 1. The molecule has 0 fully saturated rings. The average Bonchev–Trinajstić information content (AvgIpc) is 3.23. The van der Waals surface area contributed by atoms with Crippen molar-refractivity contribution in [3.05, 3.63) is 82.4 Å². The SMILES string of the molecule is CCNc1ccc(C(=O)N[C@@H](C)c2ccc(-n3ccnc3)cc2)cc1[N+](=O)[O-]. The molecule has 8 heteroatoms. The number of nitro benzene ring substituents is 1. The van der Waals surface area contributed by atoms with Crippen molar-refractivity contribution in [3.63, 3.8) is 0 Å². The van der Waals surface area contributed by atoms with E-state index in [9.17, 15) is 14.9 Å². The van der Waals surface area contributed by atoms with Crippen LogP contribution in [0.4, 0.5) is 11.4 Å². The third-order valence-corrected chi connectivity index (χ3v) is 4.37. The number of anilines is 1. The molecule has 144 valence electrons. The highest BCUT2D eigenvalue weighted by molar-refractivity contribution is 5.96. The van der Waals surface area contributed by atoms with E-state index in [2.05, 4.69) is 15.6 Å². The van der Waals surface area contributed by atoms with Crippen molar-refractivity contribution in [2.45, 2.75) is 19.9 Å². The highest BCUT2D eigenvalue weighted by Gasteiger charge is 2.18. The van der Waals surface area contributed by atoms with Crippen LogP contribution >= 0.6 is 0 Å². The molecule has 1 aromatic heterocycles. The lowest BCUT2D eigenvalue weighted by Crippen LogP contribution is -2.26. The van der Waals surface area contributed by atoms with Crippen LogP contribution in [0.2, 0.25) is 0 Å². The van der Waals surface area contributed by atoms with Gasteiger partial charge in [-0.3, -0.25) is 14.9 Å². The lowest BCUT2D eigenvalue weighted by molar-refractivity contribution is -0.384. The van der Waals surface area contributed by atoms with E-state index in [1.165, 1.54) is 6.07 Å². The molecule has 0 unspecified atom stereocenters. The second kappa shape index (κ2) is 8.34. The van der Waals surface area contributed by atoms with Crippen LogP contribution in [-0.4, -0.2) is 26.9 Å². The van der Waals surface area contributed by atoms with Gasteiger partial charge in [0.25, 0.3) is 11.6 Å². The summed E-state index contributed by atoms with van der Waals surface area (Å²) in [6.07, 6.45) is 5.27. The van der Waals surface area contributed by atoms with Crippen molar-refractivity contribution >= 4 is 17.3 Å². The molecule has 0 radical (unpaired) electrons. The maximum Gasteiger partial charge on any atom is 0.293 e. The van der Waals surface area contributed by atoms with E-state index < -0.39 is 4.92 Å². The Morgan fingerprint density at radius 2 is 2.00 bits per heavy atom. The van der Waals surface area contributed by atoms with Crippen LogP contribution in [0, 0.1) is 10.1 Å². The highest BCUT2D eigenvalue weighted by Crippen LogP contribution is 2.26. The summed E-state index contributed by atoms with van der Waals surface area (Å²) in [5.41, 5.74) is 2.42. The van der Waals surface area contributed by atoms with E-state index in [0.29, 0.717) is 12.2 Å². The normalized spacial score (nSPS) is 11.6. The minimum absolute atomic E-state index is 0.119. The van der Waals surface area contributed by atoms with Gasteiger partial charge >= 0.3 is 0 Å². The Balaban J connectivity index is 1.73. The number of benzene rings is 2. The van der Waals surface area contributed by atoms with E-state index in [-0.39, 0.29) is 23.2 Å². The first-order valence-electron chi connectivity index (χ1n) is 8.91. The summed E-state index contributed by atoms with van der Waals surface area (Å²) >= 11 is 0.